The average molecular weight is 619 g/mol. The van der Waals surface area contributed by atoms with E-state index in [4.69, 9.17) is 26.1 Å². The lowest BCUT2D eigenvalue weighted by Gasteiger charge is -2.37. The Labute approximate surface area is 263 Å². The summed E-state index contributed by atoms with van der Waals surface area (Å²) in [6.45, 7) is -0.446. The first-order valence-corrected chi connectivity index (χ1v) is 15.3. The molecule has 8 nitrogen and oxygen atoms in total. The van der Waals surface area contributed by atoms with E-state index >= 15 is 0 Å². The fourth-order valence-electron chi connectivity index (χ4n) is 7.58. The lowest BCUT2D eigenvalue weighted by molar-refractivity contribution is -0.124. The molecule has 4 aliphatic carbocycles. The molecule has 0 radical (unpaired) electrons. The standard InChI is InChI=1S/C36H27ClN2O6/c1-44-22-9-4-19(5-10-22)31(40)17-45-36(43)28-16-30(38-29-13-6-20(37)14-27(28)29)18-2-7-21(8-3-18)39-34(41)32-23-11-12-24(26-15-25(23)26)33(32)35(39)42/h2-14,16,23-26,32-33H,15,17H2,1H3. The zero-order valence-corrected chi connectivity index (χ0v) is 24.9. The van der Waals surface area contributed by atoms with Gasteiger partial charge in [0.2, 0.25) is 11.8 Å². The number of pyridine rings is 1. The van der Waals surface area contributed by atoms with Crippen LogP contribution in [-0.2, 0) is 14.3 Å². The molecule has 3 aromatic carbocycles. The van der Waals surface area contributed by atoms with Crippen LogP contribution >= 0.6 is 11.6 Å². The molecular formula is C36H27ClN2O6. The van der Waals surface area contributed by atoms with E-state index < -0.39 is 12.6 Å². The molecule has 0 spiro atoms. The van der Waals surface area contributed by atoms with Crippen molar-refractivity contribution >= 4 is 51.8 Å². The number of hydrogen-bond donors (Lipinski definition) is 0. The van der Waals surface area contributed by atoms with Gasteiger partial charge in [-0.25, -0.2) is 9.78 Å². The first kappa shape index (κ1) is 27.7. The van der Waals surface area contributed by atoms with Crippen molar-refractivity contribution in [2.24, 2.45) is 35.5 Å². The first-order chi connectivity index (χ1) is 21.8. The number of amides is 2. The molecular weight excluding hydrogens is 592 g/mol. The molecule has 1 aliphatic heterocycles. The predicted molar refractivity (Wildman–Crippen MR) is 167 cm³/mol. The Morgan fingerprint density at radius 1 is 0.889 bits per heavy atom. The van der Waals surface area contributed by atoms with Gasteiger partial charge in [0.1, 0.15) is 5.75 Å². The highest BCUT2D eigenvalue weighted by atomic mass is 35.5. The highest BCUT2D eigenvalue weighted by molar-refractivity contribution is 6.31. The summed E-state index contributed by atoms with van der Waals surface area (Å²) in [5.74, 6) is 0.190. The zero-order chi connectivity index (χ0) is 31.0. The summed E-state index contributed by atoms with van der Waals surface area (Å²) >= 11 is 6.26. The van der Waals surface area contributed by atoms with E-state index in [-0.39, 0.29) is 46.8 Å². The van der Waals surface area contributed by atoms with Gasteiger partial charge in [-0.05, 0) is 90.8 Å². The summed E-state index contributed by atoms with van der Waals surface area (Å²) in [4.78, 5) is 59.3. The number of ketones is 1. The van der Waals surface area contributed by atoms with Crippen molar-refractivity contribution in [2.45, 2.75) is 6.42 Å². The molecule has 0 N–H and O–H groups in total. The van der Waals surface area contributed by atoms with Crippen molar-refractivity contribution in [3.8, 4) is 17.0 Å². The van der Waals surface area contributed by atoms with Crippen LogP contribution in [0.1, 0.15) is 27.1 Å². The van der Waals surface area contributed by atoms with Gasteiger partial charge in [0, 0.05) is 21.5 Å². The minimum Gasteiger partial charge on any atom is -0.497 e. The van der Waals surface area contributed by atoms with Gasteiger partial charge in [0.15, 0.2) is 12.4 Å². The smallest absolute Gasteiger partial charge is 0.339 e. The minimum absolute atomic E-state index is 0.114. The molecule has 6 atom stereocenters. The summed E-state index contributed by atoms with van der Waals surface area (Å²) < 4.78 is 10.6. The number of Topliss-reactive ketones (excluding diaryl/α,β-unsaturated/α-hetero) is 1. The van der Waals surface area contributed by atoms with Crippen molar-refractivity contribution in [1.29, 1.82) is 0 Å². The van der Waals surface area contributed by atoms with Gasteiger partial charge in [0.05, 0.1) is 41.4 Å². The molecule has 6 unspecified atom stereocenters. The molecule has 4 aromatic rings. The largest absolute Gasteiger partial charge is 0.497 e. The molecule has 3 fully saturated rings. The number of hydrogen-bond acceptors (Lipinski definition) is 7. The number of imide groups is 1. The molecule has 45 heavy (non-hydrogen) atoms. The van der Waals surface area contributed by atoms with Crippen molar-refractivity contribution in [2.75, 3.05) is 18.6 Å². The number of ether oxygens (including phenoxy) is 2. The topological polar surface area (TPSA) is 103 Å². The quantitative estimate of drug-likeness (QED) is 0.106. The van der Waals surface area contributed by atoms with Crippen LogP contribution in [-0.4, -0.2) is 42.3 Å². The third-order valence-electron chi connectivity index (χ3n) is 9.82. The van der Waals surface area contributed by atoms with E-state index in [0.717, 1.165) is 6.42 Å². The van der Waals surface area contributed by atoms with Crippen LogP contribution in [0.25, 0.3) is 22.2 Å². The van der Waals surface area contributed by atoms with Crippen LogP contribution in [0.5, 0.6) is 5.75 Å². The molecule has 5 aliphatic rings. The van der Waals surface area contributed by atoms with Gasteiger partial charge >= 0.3 is 5.97 Å². The van der Waals surface area contributed by atoms with Crippen LogP contribution in [0.3, 0.4) is 0 Å². The second-order valence-electron chi connectivity index (χ2n) is 12.2. The Hall–Kier alpha value is -4.82. The van der Waals surface area contributed by atoms with Gasteiger partial charge in [-0.2, -0.15) is 0 Å². The van der Waals surface area contributed by atoms with Crippen molar-refractivity contribution in [3.63, 3.8) is 0 Å². The Morgan fingerprint density at radius 2 is 1.56 bits per heavy atom. The third kappa shape index (κ3) is 4.46. The average Bonchev–Trinajstić information content (AvgIpc) is 3.85. The second-order valence-corrected chi connectivity index (χ2v) is 12.6. The first-order valence-electron chi connectivity index (χ1n) is 14.9. The Bertz CT molecular complexity index is 1920. The second kappa shape index (κ2) is 10.4. The van der Waals surface area contributed by atoms with Crippen molar-refractivity contribution < 1.29 is 28.7 Å². The SMILES string of the molecule is COc1ccc(C(=O)COC(=O)c2cc(-c3ccc(N4C(=O)C5C6C=CC(C7CC67)C5C4=O)cc3)nc3ccc(Cl)cc23)cc1. The summed E-state index contributed by atoms with van der Waals surface area (Å²) in [6, 6.07) is 20.2. The number of rotatable bonds is 7. The van der Waals surface area contributed by atoms with E-state index in [1.54, 1.807) is 72.8 Å². The highest BCUT2D eigenvalue weighted by Gasteiger charge is 2.67. The molecule has 9 heteroatoms. The number of carbonyl (C=O) groups excluding carboxylic acids is 4. The van der Waals surface area contributed by atoms with Gasteiger partial charge in [0.25, 0.3) is 0 Å². The van der Waals surface area contributed by atoms with Crippen LogP contribution < -0.4 is 9.64 Å². The minimum atomic E-state index is -0.693. The number of fused-ring (bicyclic) bond motifs is 1. The van der Waals surface area contributed by atoms with Gasteiger partial charge in [-0.3, -0.25) is 19.3 Å². The van der Waals surface area contributed by atoms with E-state index in [0.29, 0.717) is 56.0 Å². The van der Waals surface area contributed by atoms with Crippen LogP contribution in [0.4, 0.5) is 5.69 Å². The van der Waals surface area contributed by atoms with Gasteiger partial charge in [-0.15, -0.1) is 0 Å². The summed E-state index contributed by atoms with van der Waals surface area (Å²) in [5.41, 5.74) is 2.81. The maximum absolute atomic E-state index is 13.5. The third-order valence-corrected chi connectivity index (χ3v) is 10.1. The Kier molecular flexibility index (Phi) is 6.39. The molecule has 1 saturated heterocycles. The molecule has 9 rings (SSSR count). The molecule has 224 valence electrons. The highest BCUT2D eigenvalue weighted by Crippen LogP contribution is 2.65. The lowest BCUT2D eigenvalue weighted by Crippen LogP contribution is -2.40. The normalized spacial score (nSPS) is 25.7. The summed E-state index contributed by atoms with van der Waals surface area (Å²) in [7, 11) is 1.54. The number of allylic oxidation sites excluding steroid dienone is 2. The van der Waals surface area contributed by atoms with Crippen LogP contribution in [0, 0.1) is 35.5 Å². The number of methoxy groups -OCH3 is 1. The summed E-state index contributed by atoms with van der Waals surface area (Å²) in [6.07, 6.45) is 5.44. The van der Waals surface area contributed by atoms with Crippen LogP contribution in [0.2, 0.25) is 5.02 Å². The number of carbonyl (C=O) groups is 4. The number of benzene rings is 3. The van der Waals surface area contributed by atoms with Gasteiger partial charge < -0.3 is 9.47 Å². The van der Waals surface area contributed by atoms with Crippen molar-refractivity contribution in [1.82, 2.24) is 4.98 Å². The Balaban J connectivity index is 1.06. The number of anilines is 1. The monoisotopic (exact) mass is 618 g/mol. The molecule has 2 bridgehead atoms. The van der Waals surface area contributed by atoms with E-state index in [9.17, 15) is 19.2 Å². The molecule has 2 amide bonds. The fraction of sp³-hybridized carbons (Fsp3) is 0.250. The van der Waals surface area contributed by atoms with E-state index in [1.165, 1.54) is 12.0 Å². The predicted octanol–water partition coefficient (Wildman–Crippen LogP) is 6.16. The molecule has 2 saturated carbocycles. The number of aromatic nitrogens is 1. The number of nitrogens with zero attached hydrogens (tertiary/aromatic N) is 2. The lowest BCUT2D eigenvalue weighted by atomic mass is 9.63. The summed E-state index contributed by atoms with van der Waals surface area (Å²) in [5, 5.41) is 0.910. The van der Waals surface area contributed by atoms with E-state index in [1.807, 2.05) is 0 Å². The molecule has 2 heterocycles. The maximum atomic E-state index is 13.5. The molecule has 1 aromatic heterocycles. The van der Waals surface area contributed by atoms with E-state index in [2.05, 4.69) is 12.2 Å². The maximum Gasteiger partial charge on any atom is 0.339 e. The van der Waals surface area contributed by atoms with Crippen LogP contribution in [0.15, 0.2) is 84.9 Å². The zero-order valence-electron chi connectivity index (χ0n) is 24.2. The Morgan fingerprint density at radius 3 is 2.20 bits per heavy atom. The number of halogens is 1. The fourth-order valence-corrected chi connectivity index (χ4v) is 7.75. The van der Waals surface area contributed by atoms with Crippen molar-refractivity contribution in [3.05, 3.63) is 101 Å². The number of esters is 1. The van der Waals surface area contributed by atoms with Gasteiger partial charge in [-0.1, -0.05) is 35.9 Å².